The number of nitrogens with zero attached hydrogens (tertiary/aromatic N) is 4. The van der Waals surface area contributed by atoms with Crippen LogP contribution >= 0.6 is 22.9 Å². The second kappa shape index (κ2) is 5.95. The molecule has 0 unspecified atom stereocenters. The first-order valence-corrected chi connectivity index (χ1v) is 7.33. The van der Waals surface area contributed by atoms with Gasteiger partial charge in [-0.2, -0.15) is 10.4 Å². The fourth-order valence-corrected chi connectivity index (χ4v) is 2.94. The molecule has 0 saturated carbocycles. The van der Waals surface area contributed by atoms with Gasteiger partial charge in [0.15, 0.2) is 0 Å². The van der Waals surface area contributed by atoms with Gasteiger partial charge in [-0.05, 0) is 24.3 Å². The summed E-state index contributed by atoms with van der Waals surface area (Å²) in [4.78, 5) is 5.73. The lowest BCUT2D eigenvalue weighted by atomic mass is 10.2. The highest BCUT2D eigenvalue weighted by Crippen LogP contribution is 2.28. The minimum atomic E-state index is 0.592. The molecule has 104 valence electrons. The molecular weight excluding hydrogens is 306 g/mol. The van der Waals surface area contributed by atoms with Crippen LogP contribution in [0.15, 0.2) is 43.0 Å². The lowest BCUT2D eigenvalue weighted by molar-refractivity contribution is 0.878. The number of nitriles is 1. The molecule has 5 nitrogen and oxygen atoms in total. The van der Waals surface area contributed by atoms with Crippen molar-refractivity contribution in [3.05, 3.63) is 57.8 Å². The van der Waals surface area contributed by atoms with Crippen LogP contribution in [-0.4, -0.2) is 14.8 Å². The number of nitrogens with one attached hydrogen (secondary N) is 1. The number of aromatic nitrogens is 3. The molecule has 21 heavy (non-hydrogen) atoms. The lowest BCUT2D eigenvalue weighted by Gasteiger charge is -2.12. The van der Waals surface area contributed by atoms with Crippen molar-refractivity contribution in [2.24, 2.45) is 0 Å². The van der Waals surface area contributed by atoms with Gasteiger partial charge < -0.3 is 5.32 Å². The van der Waals surface area contributed by atoms with Crippen LogP contribution in [0.1, 0.15) is 9.75 Å². The van der Waals surface area contributed by atoms with Crippen LogP contribution in [0.3, 0.4) is 0 Å². The molecule has 0 bridgehead atoms. The highest BCUT2D eigenvalue weighted by molar-refractivity contribution is 7.12. The third kappa shape index (κ3) is 2.89. The van der Waals surface area contributed by atoms with Gasteiger partial charge in [0.2, 0.25) is 0 Å². The van der Waals surface area contributed by atoms with Gasteiger partial charge in [0.25, 0.3) is 0 Å². The lowest BCUT2D eigenvalue weighted by Crippen LogP contribution is -2.04. The molecular formula is C14H10ClN5S. The molecule has 0 saturated heterocycles. The number of halogens is 1. The van der Waals surface area contributed by atoms with Gasteiger partial charge in [0.05, 0.1) is 10.7 Å². The molecule has 3 aromatic rings. The molecule has 2 aromatic heterocycles. The van der Waals surface area contributed by atoms with E-state index in [4.69, 9.17) is 16.9 Å². The van der Waals surface area contributed by atoms with Crippen LogP contribution in [-0.2, 0) is 6.54 Å². The molecule has 0 aliphatic rings. The number of thiophene rings is 1. The molecule has 3 rings (SSSR count). The first kappa shape index (κ1) is 13.6. The van der Waals surface area contributed by atoms with Crippen LogP contribution in [0, 0.1) is 11.3 Å². The fourth-order valence-electron chi connectivity index (χ4n) is 1.93. The SMILES string of the molecule is N#Cc1ccc(CNc2cccc(Cl)c2-n2cncn2)s1. The summed E-state index contributed by atoms with van der Waals surface area (Å²) < 4.78 is 1.62. The largest absolute Gasteiger partial charge is 0.378 e. The third-order valence-electron chi connectivity index (χ3n) is 2.86. The number of hydrogen-bond acceptors (Lipinski definition) is 5. The highest BCUT2D eigenvalue weighted by Gasteiger charge is 2.10. The first-order valence-electron chi connectivity index (χ1n) is 6.14. The summed E-state index contributed by atoms with van der Waals surface area (Å²) >= 11 is 7.73. The van der Waals surface area contributed by atoms with Crippen molar-refractivity contribution >= 4 is 28.6 Å². The third-order valence-corrected chi connectivity index (χ3v) is 4.15. The molecule has 1 aromatic carbocycles. The molecule has 0 atom stereocenters. The van der Waals surface area contributed by atoms with Crippen LogP contribution in [0.4, 0.5) is 5.69 Å². The van der Waals surface area contributed by atoms with E-state index in [2.05, 4.69) is 21.5 Å². The van der Waals surface area contributed by atoms with Crippen molar-refractivity contribution < 1.29 is 0 Å². The Labute approximate surface area is 130 Å². The predicted octanol–water partition coefficient (Wildman–Crippen LogP) is 3.47. The summed E-state index contributed by atoms with van der Waals surface area (Å²) in [6, 6.07) is 11.5. The zero-order chi connectivity index (χ0) is 14.7. The highest BCUT2D eigenvalue weighted by atomic mass is 35.5. The topological polar surface area (TPSA) is 66.5 Å². The summed E-state index contributed by atoms with van der Waals surface area (Å²) in [5, 5.41) is 16.9. The van der Waals surface area contributed by atoms with Gasteiger partial charge >= 0.3 is 0 Å². The van der Waals surface area contributed by atoms with E-state index >= 15 is 0 Å². The Bertz CT molecular complexity index is 788. The maximum absolute atomic E-state index is 8.85. The molecule has 0 aliphatic heterocycles. The van der Waals surface area contributed by atoms with Crippen molar-refractivity contribution in [1.82, 2.24) is 14.8 Å². The molecule has 0 amide bonds. The van der Waals surface area contributed by atoms with Crippen LogP contribution < -0.4 is 5.32 Å². The Kier molecular flexibility index (Phi) is 3.86. The van der Waals surface area contributed by atoms with Crippen LogP contribution in [0.25, 0.3) is 5.69 Å². The number of anilines is 1. The smallest absolute Gasteiger partial charge is 0.138 e. The van der Waals surface area contributed by atoms with E-state index in [0.29, 0.717) is 16.4 Å². The van der Waals surface area contributed by atoms with E-state index in [1.165, 1.54) is 17.7 Å². The zero-order valence-electron chi connectivity index (χ0n) is 10.8. The minimum Gasteiger partial charge on any atom is -0.378 e. The van der Waals surface area contributed by atoms with Crippen LogP contribution in [0.5, 0.6) is 0 Å². The predicted molar refractivity (Wildman–Crippen MR) is 82.7 cm³/mol. The van der Waals surface area contributed by atoms with E-state index < -0.39 is 0 Å². The number of rotatable bonds is 4. The first-order chi connectivity index (χ1) is 10.3. The van der Waals surface area contributed by atoms with Crippen molar-refractivity contribution in [3.8, 4) is 11.8 Å². The summed E-state index contributed by atoms with van der Waals surface area (Å²) in [7, 11) is 0. The Balaban J connectivity index is 1.86. The summed E-state index contributed by atoms with van der Waals surface area (Å²) in [5.74, 6) is 0. The van der Waals surface area contributed by atoms with Crippen LogP contribution in [0.2, 0.25) is 5.02 Å². The Morgan fingerprint density at radius 3 is 2.95 bits per heavy atom. The van der Waals surface area contributed by atoms with E-state index in [9.17, 15) is 0 Å². The maximum atomic E-state index is 8.85. The zero-order valence-corrected chi connectivity index (χ0v) is 12.4. The van der Waals surface area contributed by atoms with Gasteiger partial charge in [0.1, 0.15) is 29.3 Å². The Morgan fingerprint density at radius 1 is 1.33 bits per heavy atom. The number of benzene rings is 1. The average molecular weight is 316 g/mol. The Hall–Kier alpha value is -2.36. The molecule has 0 fully saturated rings. The number of hydrogen-bond donors (Lipinski definition) is 1. The van der Waals surface area contributed by atoms with E-state index in [1.54, 1.807) is 11.0 Å². The van der Waals surface area contributed by atoms with Crippen molar-refractivity contribution in [2.45, 2.75) is 6.54 Å². The van der Waals surface area contributed by atoms with E-state index in [-0.39, 0.29) is 0 Å². The van der Waals surface area contributed by atoms with Crippen molar-refractivity contribution in [2.75, 3.05) is 5.32 Å². The van der Waals surface area contributed by atoms with Gasteiger partial charge in [0, 0.05) is 11.4 Å². The van der Waals surface area contributed by atoms with E-state index in [0.717, 1.165) is 16.3 Å². The molecule has 2 heterocycles. The monoisotopic (exact) mass is 315 g/mol. The Morgan fingerprint density at radius 2 is 2.24 bits per heavy atom. The normalized spacial score (nSPS) is 10.3. The molecule has 0 aliphatic carbocycles. The van der Waals surface area contributed by atoms with Gasteiger partial charge in [-0.25, -0.2) is 9.67 Å². The quantitative estimate of drug-likeness (QED) is 0.800. The standard InChI is InChI=1S/C14H10ClN5S/c15-12-2-1-3-13(14(12)20-9-17-8-19-20)18-7-11-5-4-10(6-16)21-11/h1-5,8-9,18H,7H2. The summed E-state index contributed by atoms with van der Waals surface area (Å²) in [6.07, 6.45) is 3.07. The maximum Gasteiger partial charge on any atom is 0.138 e. The molecule has 0 spiro atoms. The molecule has 0 radical (unpaired) electrons. The molecule has 1 N–H and O–H groups in total. The number of para-hydroxylation sites is 1. The van der Waals surface area contributed by atoms with Crippen molar-refractivity contribution in [3.63, 3.8) is 0 Å². The average Bonchev–Trinajstić information content (AvgIpc) is 3.16. The van der Waals surface area contributed by atoms with Gasteiger partial charge in [-0.3, -0.25) is 0 Å². The van der Waals surface area contributed by atoms with Gasteiger partial charge in [-0.1, -0.05) is 17.7 Å². The second-order valence-corrected chi connectivity index (χ2v) is 5.78. The molecule has 7 heteroatoms. The van der Waals surface area contributed by atoms with Gasteiger partial charge in [-0.15, -0.1) is 11.3 Å². The summed E-state index contributed by atoms with van der Waals surface area (Å²) in [5.41, 5.74) is 1.62. The van der Waals surface area contributed by atoms with Crippen molar-refractivity contribution in [1.29, 1.82) is 5.26 Å². The fraction of sp³-hybridized carbons (Fsp3) is 0.0714. The second-order valence-electron chi connectivity index (χ2n) is 4.21. The minimum absolute atomic E-state index is 0.592. The van der Waals surface area contributed by atoms with E-state index in [1.807, 2.05) is 30.3 Å². The summed E-state index contributed by atoms with van der Waals surface area (Å²) in [6.45, 7) is 0.619.